The summed E-state index contributed by atoms with van der Waals surface area (Å²) in [5.41, 5.74) is 0. The first kappa shape index (κ1) is 10.4. The van der Waals surface area contributed by atoms with Crippen LogP contribution in [0.4, 0.5) is 0 Å². The molecule has 0 spiro atoms. The van der Waals surface area contributed by atoms with Gasteiger partial charge < -0.3 is 9.80 Å². The van der Waals surface area contributed by atoms with Gasteiger partial charge in [-0.15, -0.1) is 0 Å². The molecule has 2 nitrogen and oxygen atoms in total. The van der Waals surface area contributed by atoms with Crippen LogP contribution in [0.15, 0.2) is 0 Å². The Kier molecular flexibility index (Phi) is 3.82. The Hall–Kier alpha value is -0.0800. The van der Waals surface area contributed by atoms with Crippen molar-refractivity contribution in [1.29, 1.82) is 0 Å². The molecule has 0 radical (unpaired) electrons. The molecule has 2 rings (SSSR count). The van der Waals surface area contributed by atoms with Crippen LogP contribution in [0.2, 0.25) is 0 Å². The fourth-order valence-electron chi connectivity index (χ4n) is 3.20. The predicted octanol–water partition coefficient (Wildman–Crippen LogP) is -0.878. The first-order valence-electron chi connectivity index (χ1n) is 6.58. The van der Waals surface area contributed by atoms with Gasteiger partial charge in [0.15, 0.2) is 0 Å². The number of nitrogens with one attached hydrogen (secondary N) is 2. The molecule has 0 amide bonds. The number of likely N-dealkylation sites (tertiary alicyclic amines) is 2. The molecule has 2 aliphatic heterocycles. The van der Waals surface area contributed by atoms with Crippen LogP contribution in [-0.4, -0.2) is 38.8 Å². The highest BCUT2D eigenvalue weighted by Crippen LogP contribution is 2.01. The van der Waals surface area contributed by atoms with Crippen molar-refractivity contribution in [2.45, 2.75) is 45.1 Å². The van der Waals surface area contributed by atoms with Crippen molar-refractivity contribution >= 4 is 0 Å². The van der Waals surface area contributed by atoms with E-state index in [1.807, 2.05) is 9.80 Å². The van der Waals surface area contributed by atoms with E-state index in [-0.39, 0.29) is 0 Å². The lowest BCUT2D eigenvalue weighted by atomic mass is 10.00. The van der Waals surface area contributed by atoms with Gasteiger partial charge in [-0.1, -0.05) is 0 Å². The topological polar surface area (TPSA) is 8.88 Å². The molecule has 0 aromatic rings. The van der Waals surface area contributed by atoms with E-state index in [4.69, 9.17) is 0 Å². The van der Waals surface area contributed by atoms with E-state index >= 15 is 0 Å². The van der Waals surface area contributed by atoms with Crippen LogP contribution in [0.25, 0.3) is 0 Å². The summed E-state index contributed by atoms with van der Waals surface area (Å²) in [5, 5.41) is 0. The highest BCUT2D eigenvalue weighted by molar-refractivity contribution is 4.61. The van der Waals surface area contributed by atoms with E-state index in [2.05, 4.69) is 6.92 Å². The van der Waals surface area contributed by atoms with Gasteiger partial charge in [-0.25, -0.2) is 0 Å². The van der Waals surface area contributed by atoms with E-state index in [0.29, 0.717) is 0 Å². The molecule has 2 heterocycles. The van der Waals surface area contributed by atoms with Gasteiger partial charge in [0.25, 0.3) is 0 Å². The van der Waals surface area contributed by atoms with Gasteiger partial charge >= 0.3 is 0 Å². The Morgan fingerprint density at radius 1 is 0.929 bits per heavy atom. The van der Waals surface area contributed by atoms with Crippen molar-refractivity contribution in [3.63, 3.8) is 0 Å². The van der Waals surface area contributed by atoms with Crippen LogP contribution in [-0.2, 0) is 0 Å². The van der Waals surface area contributed by atoms with Gasteiger partial charge in [0.2, 0.25) is 0 Å². The van der Waals surface area contributed by atoms with Crippen LogP contribution >= 0.6 is 0 Å². The van der Waals surface area contributed by atoms with Crippen molar-refractivity contribution in [2.75, 3.05) is 32.7 Å². The van der Waals surface area contributed by atoms with Crippen molar-refractivity contribution in [2.24, 2.45) is 0 Å². The molecule has 0 saturated carbocycles. The summed E-state index contributed by atoms with van der Waals surface area (Å²) in [7, 11) is 0. The number of piperidine rings is 2. The minimum Gasteiger partial charge on any atom is -0.335 e. The van der Waals surface area contributed by atoms with E-state index in [1.165, 1.54) is 64.8 Å². The molecule has 2 saturated heterocycles. The third-order valence-corrected chi connectivity index (χ3v) is 4.27. The summed E-state index contributed by atoms with van der Waals surface area (Å²) in [6.07, 6.45) is 7.42. The highest BCUT2D eigenvalue weighted by atomic mass is 15.2. The average molecular weight is 198 g/mol. The van der Waals surface area contributed by atoms with Gasteiger partial charge in [0.05, 0.1) is 38.8 Å². The lowest BCUT2D eigenvalue weighted by molar-refractivity contribution is -0.960. The zero-order valence-corrected chi connectivity index (χ0v) is 9.65. The zero-order chi connectivity index (χ0) is 9.80. The lowest BCUT2D eigenvalue weighted by Gasteiger charge is -2.35. The van der Waals surface area contributed by atoms with Crippen LogP contribution in [0.1, 0.15) is 39.0 Å². The Bertz CT molecular complexity index is 156. The summed E-state index contributed by atoms with van der Waals surface area (Å²) in [4.78, 5) is 3.77. The molecule has 2 N–H and O–H groups in total. The van der Waals surface area contributed by atoms with Gasteiger partial charge in [0.1, 0.15) is 0 Å². The quantitative estimate of drug-likeness (QED) is 0.570. The van der Waals surface area contributed by atoms with Gasteiger partial charge in [-0.05, 0) is 26.2 Å². The minimum atomic E-state index is 1.02. The molecule has 0 aromatic carbocycles. The largest absolute Gasteiger partial charge is 0.335 e. The van der Waals surface area contributed by atoms with Crippen molar-refractivity contribution in [1.82, 2.24) is 0 Å². The maximum Gasteiger partial charge on any atom is 0.0983 e. The Labute approximate surface area is 88.3 Å². The van der Waals surface area contributed by atoms with Crippen LogP contribution < -0.4 is 9.80 Å². The number of hydrogen-bond acceptors (Lipinski definition) is 0. The van der Waals surface area contributed by atoms with Crippen molar-refractivity contribution < 1.29 is 9.80 Å². The van der Waals surface area contributed by atoms with Crippen molar-refractivity contribution in [3.8, 4) is 0 Å². The molecule has 2 heteroatoms. The molecule has 0 unspecified atom stereocenters. The van der Waals surface area contributed by atoms with Gasteiger partial charge in [-0.2, -0.15) is 0 Å². The molecular formula is C12H26N2+2. The summed E-state index contributed by atoms with van der Waals surface area (Å²) in [6, 6.07) is 1.02. The molecule has 0 bridgehead atoms. The first-order chi connectivity index (χ1) is 6.90. The Morgan fingerprint density at radius 2 is 1.57 bits per heavy atom. The molecule has 82 valence electrons. The average Bonchev–Trinajstić information content (AvgIpc) is 2.30. The second kappa shape index (κ2) is 5.13. The van der Waals surface area contributed by atoms with Gasteiger partial charge in [0, 0.05) is 12.8 Å². The standard InChI is InChI=1S/C12H24N2/c1-2-13-10-6-12(7-11-13)14-8-4-3-5-9-14/h12H,2-11H2,1H3/p+2. The molecule has 0 atom stereocenters. The first-order valence-corrected chi connectivity index (χ1v) is 6.58. The second-order valence-electron chi connectivity index (χ2n) is 5.10. The Balaban J connectivity index is 1.76. The lowest BCUT2D eigenvalue weighted by Crippen LogP contribution is -3.21. The van der Waals surface area contributed by atoms with E-state index in [9.17, 15) is 0 Å². The van der Waals surface area contributed by atoms with Crippen molar-refractivity contribution in [3.05, 3.63) is 0 Å². The molecule has 14 heavy (non-hydrogen) atoms. The highest BCUT2D eigenvalue weighted by Gasteiger charge is 2.29. The van der Waals surface area contributed by atoms with Crippen LogP contribution in [0, 0.1) is 0 Å². The molecule has 0 aromatic heterocycles. The zero-order valence-electron chi connectivity index (χ0n) is 9.65. The van der Waals surface area contributed by atoms with E-state index in [1.54, 1.807) is 0 Å². The van der Waals surface area contributed by atoms with E-state index in [0.717, 1.165) is 6.04 Å². The molecular weight excluding hydrogens is 172 g/mol. The monoisotopic (exact) mass is 198 g/mol. The summed E-state index contributed by atoms with van der Waals surface area (Å²) in [6.45, 7) is 9.46. The predicted molar refractivity (Wildman–Crippen MR) is 58.8 cm³/mol. The Morgan fingerprint density at radius 3 is 2.14 bits per heavy atom. The number of hydrogen-bond donors (Lipinski definition) is 2. The minimum absolute atomic E-state index is 1.02. The third kappa shape index (κ3) is 2.48. The third-order valence-electron chi connectivity index (χ3n) is 4.27. The normalized spacial score (nSPS) is 35.8. The number of quaternary nitrogens is 2. The second-order valence-corrected chi connectivity index (χ2v) is 5.10. The van der Waals surface area contributed by atoms with Crippen LogP contribution in [0.5, 0.6) is 0 Å². The maximum absolute atomic E-state index is 2.32. The summed E-state index contributed by atoms with van der Waals surface area (Å²) < 4.78 is 0. The smallest absolute Gasteiger partial charge is 0.0983 e. The van der Waals surface area contributed by atoms with Gasteiger partial charge in [-0.3, -0.25) is 0 Å². The van der Waals surface area contributed by atoms with Crippen LogP contribution in [0.3, 0.4) is 0 Å². The molecule has 2 aliphatic rings. The summed E-state index contributed by atoms with van der Waals surface area (Å²) in [5.74, 6) is 0. The number of rotatable bonds is 2. The van der Waals surface area contributed by atoms with E-state index < -0.39 is 0 Å². The molecule has 2 fully saturated rings. The fraction of sp³-hybridized carbons (Fsp3) is 1.00. The fourth-order valence-corrected chi connectivity index (χ4v) is 3.20. The maximum atomic E-state index is 2.32. The molecule has 0 aliphatic carbocycles. The summed E-state index contributed by atoms with van der Waals surface area (Å²) >= 11 is 0. The SMILES string of the molecule is CC[NH+]1CCC([NH+]2CCCCC2)CC1.